The molecule has 2 aromatic rings. The third-order valence-corrected chi connectivity index (χ3v) is 6.37. The largest absolute Gasteiger partial charge is 0.478 e. The number of hydrogen-bond donors (Lipinski definition) is 1. The fraction of sp³-hybridized carbons (Fsp3) is 0.167. The van der Waals surface area contributed by atoms with E-state index in [-0.39, 0.29) is 16.2 Å². The molecule has 0 fully saturated rings. The van der Waals surface area contributed by atoms with Crippen molar-refractivity contribution in [1.29, 1.82) is 0 Å². The van der Waals surface area contributed by atoms with Crippen LogP contribution in [-0.2, 0) is 9.84 Å². The highest BCUT2D eigenvalue weighted by Crippen LogP contribution is 2.22. The minimum Gasteiger partial charge on any atom is -0.478 e. The van der Waals surface area contributed by atoms with Crippen LogP contribution in [0.15, 0.2) is 45.1 Å². The van der Waals surface area contributed by atoms with Crippen LogP contribution in [0.2, 0.25) is 0 Å². The predicted molar refractivity (Wildman–Crippen MR) is 78.3 cm³/mol. The van der Waals surface area contributed by atoms with Gasteiger partial charge in [-0.15, -0.1) is 11.3 Å². The number of carbonyl (C=O) groups is 1. The van der Waals surface area contributed by atoms with Gasteiger partial charge in [0.15, 0.2) is 9.84 Å². The zero-order chi connectivity index (χ0) is 14.6. The summed E-state index contributed by atoms with van der Waals surface area (Å²) in [6, 6.07) is 5.40. The third-order valence-electron chi connectivity index (χ3n) is 2.43. The summed E-state index contributed by atoms with van der Waals surface area (Å²) >= 11 is 2.83. The van der Waals surface area contributed by atoms with Crippen LogP contribution in [0, 0.1) is 0 Å². The fourth-order valence-corrected chi connectivity index (χ4v) is 4.86. The Morgan fingerprint density at radius 1 is 1.40 bits per heavy atom. The molecule has 106 valence electrons. The van der Waals surface area contributed by atoms with Crippen molar-refractivity contribution in [2.75, 3.05) is 11.5 Å². The van der Waals surface area contributed by atoms with E-state index in [1.807, 2.05) is 5.38 Å². The third kappa shape index (κ3) is 3.81. The number of sulfone groups is 1. The minimum absolute atomic E-state index is 0.0290. The molecule has 0 bridgehead atoms. The van der Waals surface area contributed by atoms with Gasteiger partial charge in [-0.1, -0.05) is 17.8 Å². The summed E-state index contributed by atoms with van der Waals surface area (Å²) < 4.78 is 25.0. The van der Waals surface area contributed by atoms with Gasteiger partial charge in [0.1, 0.15) is 4.34 Å². The van der Waals surface area contributed by atoms with Crippen LogP contribution < -0.4 is 0 Å². The SMILES string of the molecule is O=C(O)c1cccc(S(=O)(=O)CCSc2nccs2)c1. The van der Waals surface area contributed by atoms with Crippen molar-refractivity contribution in [3.8, 4) is 0 Å². The monoisotopic (exact) mass is 329 g/mol. The van der Waals surface area contributed by atoms with E-state index < -0.39 is 15.8 Å². The van der Waals surface area contributed by atoms with Crippen LogP contribution in [0.4, 0.5) is 0 Å². The molecule has 1 N–H and O–H groups in total. The second-order valence-electron chi connectivity index (χ2n) is 3.80. The van der Waals surface area contributed by atoms with Gasteiger partial charge in [0.2, 0.25) is 0 Å². The average Bonchev–Trinajstić information content (AvgIpc) is 2.92. The summed E-state index contributed by atoms with van der Waals surface area (Å²) in [6.45, 7) is 0. The number of thiazole rings is 1. The second kappa shape index (κ2) is 6.38. The van der Waals surface area contributed by atoms with E-state index in [4.69, 9.17) is 5.11 Å². The van der Waals surface area contributed by atoms with Crippen molar-refractivity contribution in [3.05, 3.63) is 41.4 Å². The number of rotatable bonds is 6. The second-order valence-corrected chi connectivity index (χ2v) is 8.14. The number of carboxylic acids is 1. The quantitative estimate of drug-likeness (QED) is 0.819. The van der Waals surface area contributed by atoms with Crippen LogP contribution in [0.5, 0.6) is 0 Å². The highest BCUT2D eigenvalue weighted by atomic mass is 32.2. The molecule has 0 aliphatic rings. The zero-order valence-corrected chi connectivity index (χ0v) is 12.7. The maximum absolute atomic E-state index is 12.1. The summed E-state index contributed by atoms with van der Waals surface area (Å²) in [6.07, 6.45) is 1.66. The Kier molecular flexibility index (Phi) is 4.79. The smallest absolute Gasteiger partial charge is 0.335 e. The highest BCUT2D eigenvalue weighted by Gasteiger charge is 2.16. The Morgan fingerprint density at radius 3 is 2.85 bits per heavy atom. The lowest BCUT2D eigenvalue weighted by molar-refractivity contribution is 0.0696. The molecule has 0 radical (unpaired) electrons. The lowest BCUT2D eigenvalue weighted by Crippen LogP contribution is -2.10. The molecule has 8 heteroatoms. The Morgan fingerprint density at radius 2 is 2.20 bits per heavy atom. The number of thioether (sulfide) groups is 1. The van der Waals surface area contributed by atoms with Crippen molar-refractivity contribution in [3.63, 3.8) is 0 Å². The Hall–Kier alpha value is -1.38. The van der Waals surface area contributed by atoms with Crippen molar-refractivity contribution in [2.24, 2.45) is 0 Å². The van der Waals surface area contributed by atoms with Crippen LogP contribution in [-0.4, -0.2) is 36.0 Å². The molecule has 5 nitrogen and oxygen atoms in total. The zero-order valence-electron chi connectivity index (χ0n) is 10.2. The van der Waals surface area contributed by atoms with E-state index >= 15 is 0 Å². The van der Waals surface area contributed by atoms with E-state index in [1.165, 1.54) is 47.4 Å². The summed E-state index contributed by atoms with van der Waals surface area (Å²) in [5.74, 6) is -0.813. The predicted octanol–water partition coefficient (Wildman–Crippen LogP) is 2.41. The van der Waals surface area contributed by atoms with Gasteiger partial charge in [0.05, 0.1) is 16.2 Å². The number of benzene rings is 1. The molecule has 0 unspecified atom stereocenters. The van der Waals surface area contributed by atoms with Gasteiger partial charge < -0.3 is 5.11 Å². The molecule has 2 rings (SSSR count). The molecule has 0 atom stereocenters. The minimum atomic E-state index is -3.48. The van der Waals surface area contributed by atoms with Crippen molar-refractivity contribution < 1.29 is 18.3 Å². The number of aromatic carboxylic acids is 1. The first-order valence-electron chi connectivity index (χ1n) is 5.57. The summed E-state index contributed by atoms with van der Waals surface area (Å²) in [5, 5.41) is 10.7. The van der Waals surface area contributed by atoms with Crippen molar-refractivity contribution in [2.45, 2.75) is 9.24 Å². The van der Waals surface area contributed by atoms with Crippen LogP contribution in [0.3, 0.4) is 0 Å². The Balaban J connectivity index is 2.06. The molecular weight excluding hydrogens is 318 g/mol. The van der Waals surface area contributed by atoms with Crippen LogP contribution >= 0.6 is 23.1 Å². The lowest BCUT2D eigenvalue weighted by atomic mass is 10.2. The number of carboxylic acid groups (broad SMARTS) is 1. The normalized spacial score (nSPS) is 11.4. The average molecular weight is 329 g/mol. The molecule has 0 aliphatic carbocycles. The lowest BCUT2D eigenvalue weighted by Gasteiger charge is -2.04. The first-order valence-corrected chi connectivity index (χ1v) is 9.09. The summed E-state index contributed by atoms with van der Waals surface area (Å²) in [5.41, 5.74) is -0.0290. The molecule has 0 spiro atoms. The first-order chi connectivity index (χ1) is 9.49. The van der Waals surface area contributed by atoms with Gasteiger partial charge in [-0.3, -0.25) is 0 Å². The maximum atomic E-state index is 12.1. The van der Waals surface area contributed by atoms with Gasteiger partial charge in [-0.05, 0) is 18.2 Å². The number of nitrogens with zero attached hydrogens (tertiary/aromatic N) is 1. The molecule has 1 aromatic heterocycles. The van der Waals surface area contributed by atoms with E-state index in [1.54, 1.807) is 6.20 Å². The molecule has 0 amide bonds. The number of aromatic nitrogens is 1. The van der Waals surface area contributed by atoms with Crippen LogP contribution in [0.25, 0.3) is 0 Å². The van der Waals surface area contributed by atoms with Gasteiger partial charge in [0.25, 0.3) is 0 Å². The fourth-order valence-electron chi connectivity index (χ4n) is 1.46. The summed E-state index contributed by atoms with van der Waals surface area (Å²) in [7, 11) is -3.48. The van der Waals surface area contributed by atoms with Gasteiger partial charge in [-0.25, -0.2) is 18.2 Å². The van der Waals surface area contributed by atoms with E-state index in [0.717, 1.165) is 4.34 Å². The molecule has 1 aromatic carbocycles. The van der Waals surface area contributed by atoms with E-state index in [2.05, 4.69) is 4.98 Å². The highest BCUT2D eigenvalue weighted by molar-refractivity contribution is 8.02. The standard InChI is InChI=1S/C12H11NO4S3/c14-11(15)9-2-1-3-10(8-9)20(16,17)7-6-19-12-13-4-5-18-12/h1-5,8H,6-7H2,(H,14,15). The van der Waals surface area contributed by atoms with Gasteiger partial charge >= 0.3 is 5.97 Å². The molecular formula is C12H11NO4S3. The van der Waals surface area contributed by atoms with Gasteiger partial charge in [0, 0.05) is 17.3 Å². The van der Waals surface area contributed by atoms with Crippen molar-refractivity contribution >= 4 is 38.9 Å². The number of hydrogen-bond acceptors (Lipinski definition) is 6. The summed E-state index contributed by atoms with van der Waals surface area (Å²) in [4.78, 5) is 14.9. The van der Waals surface area contributed by atoms with E-state index in [9.17, 15) is 13.2 Å². The molecule has 0 saturated heterocycles. The topological polar surface area (TPSA) is 84.3 Å². The molecule has 0 aliphatic heterocycles. The molecule has 1 heterocycles. The van der Waals surface area contributed by atoms with Crippen LogP contribution in [0.1, 0.15) is 10.4 Å². The Bertz CT molecular complexity index is 695. The maximum Gasteiger partial charge on any atom is 0.335 e. The molecule has 20 heavy (non-hydrogen) atoms. The van der Waals surface area contributed by atoms with Crippen molar-refractivity contribution in [1.82, 2.24) is 4.98 Å². The van der Waals surface area contributed by atoms with E-state index in [0.29, 0.717) is 5.75 Å². The Labute approximate surface area is 124 Å². The molecule has 0 saturated carbocycles. The first kappa shape index (κ1) is 15.0. The van der Waals surface area contributed by atoms with Gasteiger partial charge in [-0.2, -0.15) is 0 Å².